The van der Waals surface area contributed by atoms with Gasteiger partial charge >= 0.3 is 0 Å². The molecule has 1 heterocycles. The molecule has 6 heteroatoms. The summed E-state index contributed by atoms with van der Waals surface area (Å²) in [6.07, 6.45) is 8.40. The van der Waals surface area contributed by atoms with E-state index >= 15 is 0 Å². The van der Waals surface area contributed by atoms with Crippen LogP contribution in [0.1, 0.15) is 12.8 Å². The van der Waals surface area contributed by atoms with Crippen LogP contribution in [0.15, 0.2) is 23.0 Å². The molecule has 0 radical (unpaired) electrons. The van der Waals surface area contributed by atoms with Crippen LogP contribution in [-0.2, 0) is 9.59 Å². The van der Waals surface area contributed by atoms with Crippen LogP contribution in [0, 0.1) is 0 Å². The Kier molecular flexibility index (Phi) is 6.97. The van der Waals surface area contributed by atoms with Crippen molar-refractivity contribution in [3.63, 3.8) is 0 Å². The van der Waals surface area contributed by atoms with Crippen molar-refractivity contribution < 1.29 is 9.59 Å². The van der Waals surface area contributed by atoms with E-state index in [1.165, 1.54) is 29.6 Å². The summed E-state index contributed by atoms with van der Waals surface area (Å²) in [5.74, 6) is -0.191. The van der Waals surface area contributed by atoms with E-state index in [2.05, 4.69) is 5.32 Å². The third-order valence-corrected chi connectivity index (χ3v) is 3.36. The number of rotatable bonds is 5. The molecule has 0 aliphatic carbocycles. The van der Waals surface area contributed by atoms with E-state index < -0.39 is 0 Å². The Labute approximate surface area is 116 Å². The van der Waals surface area contributed by atoms with Gasteiger partial charge in [0.15, 0.2) is 0 Å². The zero-order valence-corrected chi connectivity index (χ0v) is 12.2. The Morgan fingerprint density at radius 3 is 2.56 bits per heavy atom. The lowest BCUT2D eigenvalue weighted by Gasteiger charge is -2.23. The molecule has 2 amide bonds. The maximum absolute atomic E-state index is 11.9. The van der Waals surface area contributed by atoms with Gasteiger partial charge in [0, 0.05) is 18.7 Å². The number of carbonyl (C=O) groups is 2. The van der Waals surface area contributed by atoms with Crippen LogP contribution >= 0.6 is 23.5 Å². The van der Waals surface area contributed by atoms with Gasteiger partial charge in [-0.2, -0.15) is 0 Å². The van der Waals surface area contributed by atoms with Crippen LogP contribution in [0.4, 0.5) is 0 Å². The molecule has 0 unspecified atom stereocenters. The van der Waals surface area contributed by atoms with Gasteiger partial charge in [0.05, 0.1) is 0 Å². The predicted molar refractivity (Wildman–Crippen MR) is 78.2 cm³/mol. The number of hydrogen-bond acceptors (Lipinski definition) is 4. The second kappa shape index (κ2) is 8.26. The van der Waals surface area contributed by atoms with E-state index in [1.54, 1.807) is 21.8 Å². The zero-order chi connectivity index (χ0) is 13.4. The van der Waals surface area contributed by atoms with Crippen LogP contribution in [0.2, 0.25) is 0 Å². The SMILES string of the molecule is CS/C=C/C(=O)N[C@H]1CCCN1C(=O)/C=C/SC. The summed E-state index contributed by atoms with van der Waals surface area (Å²) in [5.41, 5.74) is 0. The number of nitrogens with one attached hydrogen (secondary N) is 1. The molecule has 0 bridgehead atoms. The molecule has 1 saturated heterocycles. The molecule has 100 valence electrons. The van der Waals surface area contributed by atoms with Crippen molar-refractivity contribution in [2.24, 2.45) is 0 Å². The molecule has 1 fully saturated rings. The summed E-state index contributed by atoms with van der Waals surface area (Å²) in [7, 11) is 0. The molecule has 0 aromatic heterocycles. The standard InChI is InChI=1S/C12H18N2O2S2/c1-17-8-5-11(15)13-10-4-3-7-14(10)12(16)6-9-18-2/h5-6,8-10H,3-4,7H2,1-2H3,(H,13,15)/b8-5+,9-6+/t10-/m1/s1. The van der Waals surface area contributed by atoms with Crippen molar-refractivity contribution in [2.45, 2.75) is 19.0 Å². The van der Waals surface area contributed by atoms with Gasteiger partial charge in [-0.1, -0.05) is 0 Å². The van der Waals surface area contributed by atoms with Crippen LogP contribution in [0.5, 0.6) is 0 Å². The van der Waals surface area contributed by atoms with E-state index in [4.69, 9.17) is 0 Å². The van der Waals surface area contributed by atoms with Gasteiger partial charge in [0.1, 0.15) is 6.17 Å². The fourth-order valence-corrected chi connectivity index (χ4v) is 2.26. The van der Waals surface area contributed by atoms with Gasteiger partial charge in [-0.05, 0) is 36.2 Å². The Balaban J connectivity index is 2.54. The van der Waals surface area contributed by atoms with E-state index in [1.807, 2.05) is 12.5 Å². The Bertz CT molecular complexity index is 356. The van der Waals surface area contributed by atoms with Crippen molar-refractivity contribution >= 4 is 35.3 Å². The van der Waals surface area contributed by atoms with Crippen molar-refractivity contribution in [3.05, 3.63) is 23.0 Å². The van der Waals surface area contributed by atoms with Crippen molar-refractivity contribution in [2.75, 3.05) is 19.1 Å². The topological polar surface area (TPSA) is 49.4 Å². The van der Waals surface area contributed by atoms with Gasteiger partial charge in [0.2, 0.25) is 11.8 Å². The minimum Gasteiger partial charge on any atom is -0.332 e. The lowest BCUT2D eigenvalue weighted by molar-refractivity contribution is -0.128. The second-order valence-corrected chi connectivity index (χ2v) is 5.26. The number of likely N-dealkylation sites (tertiary alicyclic amines) is 1. The minimum absolute atomic E-state index is 0.0407. The lowest BCUT2D eigenvalue weighted by Crippen LogP contribution is -2.46. The third-order valence-electron chi connectivity index (χ3n) is 2.55. The molecule has 0 aromatic rings. The van der Waals surface area contributed by atoms with Crippen LogP contribution < -0.4 is 5.32 Å². The molecule has 1 aliphatic heterocycles. The summed E-state index contributed by atoms with van der Waals surface area (Å²) < 4.78 is 0. The number of thioether (sulfide) groups is 2. The predicted octanol–water partition coefficient (Wildman–Crippen LogP) is 1.80. The minimum atomic E-state index is -0.178. The fraction of sp³-hybridized carbons (Fsp3) is 0.500. The molecule has 1 aliphatic rings. The van der Waals surface area contributed by atoms with Crippen LogP contribution in [0.25, 0.3) is 0 Å². The highest BCUT2D eigenvalue weighted by molar-refractivity contribution is 8.01. The Morgan fingerprint density at radius 1 is 1.22 bits per heavy atom. The van der Waals surface area contributed by atoms with Crippen molar-refractivity contribution in [1.82, 2.24) is 10.2 Å². The van der Waals surface area contributed by atoms with Gasteiger partial charge in [0.25, 0.3) is 0 Å². The highest BCUT2D eigenvalue weighted by Crippen LogP contribution is 2.15. The summed E-state index contributed by atoms with van der Waals surface area (Å²) >= 11 is 2.96. The van der Waals surface area contributed by atoms with Crippen LogP contribution in [-0.4, -0.2) is 41.9 Å². The van der Waals surface area contributed by atoms with Gasteiger partial charge in [-0.3, -0.25) is 9.59 Å². The molecule has 0 aromatic carbocycles. The molecular weight excluding hydrogens is 268 g/mol. The first kappa shape index (κ1) is 15.2. The first-order valence-electron chi connectivity index (χ1n) is 5.69. The van der Waals surface area contributed by atoms with E-state index in [-0.39, 0.29) is 18.0 Å². The lowest BCUT2D eigenvalue weighted by atomic mass is 10.3. The van der Waals surface area contributed by atoms with E-state index in [0.717, 1.165) is 12.8 Å². The normalized spacial score (nSPS) is 19.9. The maximum atomic E-state index is 11.9. The van der Waals surface area contributed by atoms with Crippen LogP contribution in [0.3, 0.4) is 0 Å². The van der Waals surface area contributed by atoms with Gasteiger partial charge in [-0.25, -0.2) is 0 Å². The smallest absolute Gasteiger partial charge is 0.248 e. The Morgan fingerprint density at radius 2 is 1.89 bits per heavy atom. The quantitative estimate of drug-likeness (QED) is 0.783. The molecule has 4 nitrogen and oxygen atoms in total. The summed E-state index contributed by atoms with van der Waals surface area (Å²) in [5, 5.41) is 6.33. The summed E-state index contributed by atoms with van der Waals surface area (Å²) in [6.45, 7) is 0.703. The van der Waals surface area contributed by atoms with E-state index in [0.29, 0.717) is 6.54 Å². The number of nitrogens with zero attached hydrogens (tertiary/aromatic N) is 1. The first-order chi connectivity index (χ1) is 8.69. The molecule has 0 saturated carbocycles. The first-order valence-corrected chi connectivity index (χ1v) is 8.26. The molecule has 1 N–H and O–H groups in total. The summed E-state index contributed by atoms with van der Waals surface area (Å²) in [4.78, 5) is 25.1. The Hall–Kier alpha value is -0.880. The summed E-state index contributed by atoms with van der Waals surface area (Å²) in [6, 6.07) is 0. The monoisotopic (exact) mass is 286 g/mol. The van der Waals surface area contributed by atoms with Crippen molar-refractivity contribution in [3.8, 4) is 0 Å². The largest absolute Gasteiger partial charge is 0.332 e. The molecule has 1 rings (SSSR count). The highest BCUT2D eigenvalue weighted by Gasteiger charge is 2.27. The average Bonchev–Trinajstić information content (AvgIpc) is 2.81. The van der Waals surface area contributed by atoms with Crippen molar-refractivity contribution in [1.29, 1.82) is 0 Å². The van der Waals surface area contributed by atoms with Gasteiger partial charge in [-0.15, -0.1) is 23.5 Å². The number of amides is 2. The molecule has 18 heavy (non-hydrogen) atoms. The average molecular weight is 286 g/mol. The van der Waals surface area contributed by atoms with Gasteiger partial charge < -0.3 is 10.2 Å². The molecule has 1 atom stereocenters. The molecule has 0 spiro atoms. The second-order valence-electron chi connectivity index (χ2n) is 3.78. The number of carbonyl (C=O) groups excluding carboxylic acids is 2. The fourth-order valence-electron chi connectivity index (χ4n) is 1.74. The maximum Gasteiger partial charge on any atom is 0.248 e. The molecular formula is C12H18N2O2S2. The highest BCUT2D eigenvalue weighted by atomic mass is 32.2. The number of hydrogen-bond donors (Lipinski definition) is 1. The third kappa shape index (κ3) is 4.78. The zero-order valence-electron chi connectivity index (χ0n) is 10.6. The van der Waals surface area contributed by atoms with E-state index in [9.17, 15) is 9.59 Å².